The summed E-state index contributed by atoms with van der Waals surface area (Å²) >= 11 is 1.73. The van der Waals surface area contributed by atoms with Crippen LogP contribution in [0.15, 0.2) is 23.8 Å². The molecule has 0 fully saturated rings. The highest BCUT2D eigenvalue weighted by Gasteiger charge is 2.22. The highest BCUT2D eigenvalue weighted by Crippen LogP contribution is 2.24. The minimum Gasteiger partial charge on any atom is -0.387 e. The molecule has 1 aliphatic rings. The van der Waals surface area contributed by atoms with Crippen LogP contribution < -0.4 is 4.90 Å². The molecular weight excluding hydrogens is 312 g/mol. The van der Waals surface area contributed by atoms with Gasteiger partial charge in [-0.15, -0.1) is 11.3 Å². The molecule has 0 aromatic carbocycles. The summed E-state index contributed by atoms with van der Waals surface area (Å²) in [5.74, 6) is 0.709. The van der Waals surface area contributed by atoms with Crippen molar-refractivity contribution in [3.8, 4) is 0 Å². The van der Waals surface area contributed by atoms with E-state index in [1.165, 1.54) is 4.88 Å². The molecule has 122 valence electrons. The first-order chi connectivity index (χ1) is 11.2. The number of fused-ring (bicyclic) bond motifs is 1. The Bertz CT molecular complexity index is 675. The standard InChI is InChI=1S/C16H20N4O2S/c1-19(9-12-3-2-8-23-12)16-13-4-6-20(15(22)10-21)7-5-14(13)17-11-18-16/h2-3,8,11,21H,4-7,9-10H2,1H3. The molecule has 2 aromatic heterocycles. The van der Waals surface area contributed by atoms with E-state index in [1.54, 1.807) is 22.6 Å². The number of carbonyl (C=O) groups is 1. The smallest absolute Gasteiger partial charge is 0.248 e. The molecule has 23 heavy (non-hydrogen) atoms. The van der Waals surface area contributed by atoms with Gasteiger partial charge >= 0.3 is 0 Å². The Labute approximate surface area is 139 Å². The second-order valence-electron chi connectivity index (χ2n) is 5.60. The van der Waals surface area contributed by atoms with Crippen LogP contribution in [0.5, 0.6) is 0 Å². The lowest BCUT2D eigenvalue weighted by Gasteiger charge is -2.21. The van der Waals surface area contributed by atoms with Crippen LogP contribution in [0.2, 0.25) is 0 Å². The largest absolute Gasteiger partial charge is 0.387 e. The molecule has 0 radical (unpaired) electrons. The van der Waals surface area contributed by atoms with Gasteiger partial charge in [-0.25, -0.2) is 9.97 Å². The first kappa shape index (κ1) is 15.9. The number of hydrogen-bond donors (Lipinski definition) is 1. The number of aliphatic hydroxyl groups excluding tert-OH is 1. The van der Waals surface area contributed by atoms with Crippen molar-refractivity contribution >= 4 is 23.1 Å². The number of anilines is 1. The molecule has 1 aliphatic heterocycles. The van der Waals surface area contributed by atoms with Gasteiger partial charge in [-0.3, -0.25) is 4.79 Å². The van der Waals surface area contributed by atoms with E-state index < -0.39 is 6.61 Å². The van der Waals surface area contributed by atoms with E-state index in [2.05, 4.69) is 26.3 Å². The molecule has 0 bridgehead atoms. The summed E-state index contributed by atoms with van der Waals surface area (Å²) in [4.78, 5) is 25.7. The molecular formula is C16H20N4O2S. The van der Waals surface area contributed by atoms with Crippen LogP contribution in [0.3, 0.4) is 0 Å². The van der Waals surface area contributed by atoms with E-state index in [0.717, 1.165) is 23.6 Å². The maximum Gasteiger partial charge on any atom is 0.248 e. The van der Waals surface area contributed by atoms with Crippen molar-refractivity contribution in [2.24, 2.45) is 0 Å². The molecule has 0 unspecified atom stereocenters. The maximum atomic E-state index is 11.7. The number of amides is 1. The molecule has 1 amide bonds. The van der Waals surface area contributed by atoms with Crippen LogP contribution in [0.25, 0.3) is 0 Å². The minimum atomic E-state index is -0.437. The summed E-state index contributed by atoms with van der Waals surface area (Å²) in [5, 5.41) is 11.1. The van der Waals surface area contributed by atoms with Crippen molar-refractivity contribution in [2.45, 2.75) is 19.4 Å². The van der Waals surface area contributed by atoms with Crippen molar-refractivity contribution in [1.29, 1.82) is 0 Å². The van der Waals surface area contributed by atoms with Gasteiger partial charge in [0.15, 0.2) is 0 Å². The first-order valence-corrected chi connectivity index (χ1v) is 8.52. The summed E-state index contributed by atoms with van der Waals surface area (Å²) in [6.07, 6.45) is 3.01. The van der Waals surface area contributed by atoms with Crippen LogP contribution in [-0.4, -0.2) is 52.6 Å². The Morgan fingerprint density at radius 3 is 2.96 bits per heavy atom. The molecule has 3 rings (SSSR count). The topological polar surface area (TPSA) is 69.6 Å². The third kappa shape index (κ3) is 3.51. The zero-order valence-corrected chi connectivity index (χ0v) is 13.9. The van der Waals surface area contributed by atoms with Gasteiger partial charge in [-0.05, 0) is 17.9 Å². The van der Waals surface area contributed by atoms with Gasteiger partial charge in [0, 0.05) is 37.0 Å². The Kier molecular flexibility index (Phi) is 4.88. The van der Waals surface area contributed by atoms with E-state index in [-0.39, 0.29) is 5.91 Å². The van der Waals surface area contributed by atoms with Crippen molar-refractivity contribution in [2.75, 3.05) is 31.6 Å². The van der Waals surface area contributed by atoms with E-state index in [9.17, 15) is 4.79 Å². The summed E-state index contributed by atoms with van der Waals surface area (Å²) in [5.41, 5.74) is 2.11. The summed E-state index contributed by atoms with van der Waals surface area (Å²) in [6, 6.07) is 4.16. The fraction of sp³-hybridized carbons (Fsp3) is 0.438. The number of hydrogen-bond acceptors (Lipinski definition) is 6. The van der Waals surface area contributed by atoms with E-state index in [4.69, 9.17) is 5.11 Å². The summed E-state index contributed by atoms with van der Waals surface area (Å²) in [6.45, 7) is 1.56. The monoisotopic (exact) mass is 332 g/mol. The SMILES string of the molecule is CN(Cc1cccs1)c1ncnc2c1CCN(C(=O)CO)CC2. The zero-order valence-electron chi connectivity index (χ0n) is 13.1. The Morgan fingerprint density at radius 2 is 2.22 bits per heavy atom. The normalized spacial score (nSPS) is 14.3. The molecule has 1 N–H and O–H groups in total. The van der Waals surface area contributed by atoms with Gasteiger partial charge in [0.2, 0.25) is 5.91 Å². The van der Waals surface area contributed by atoms with Gasteiger partial charge in [-0.1, -0.05) is 6.07 Å². The lowest BCUT2D eigenvalue weighted by Crippen LogP contribution is -2.35. The molecule has 0 spiro atoms. The van der Waals surface area contributed by atoms with Gasteiger partial charge in [0.05, 0.1) is 12.2 Å². The highest BCUT2D eigenvalue weighted by atomic mass is 32.1. The second-order valence-corrected chi connectivity index (χ2v) is 6.63. The van der Waals surface area contributed by atoms with Crippen LogP contribution in [-0.2, 0) is 24.2 Å². The maximum absolute atomic E-state index is 11.7. The fourth-order valence-corrected chi connectivity index (χ4v) is 3.66. The van der Waals surface area contributed by atoms with Crippen LogP contribution in [0, 0.1) is 0 Å². The molecule has 0 saturated heterocycles. The number of rotatable bonds is 4. The third-order valence-electron chi connectivity index (χ3n) is 4.08. The average Bonchev–Trinajstić information content (AvgIpc) is 2.97. The summed E-state index contributed by atoms with van der Waals surface area (Å²) in [7, 11) is 2.03. The molecule has 3 heterocycles. The number of aliphatic hydroxyl groups is 1. The van der Waals surface area contributed by atoms with Crippen LogP contribution in [0.4, 0.5) is 5.82 Å². The van der Waals surface area contributed by atoms with Crippen molar-refractivity contribution in [3.63, 3.8) is 0 Å². The molecule has 7 heteroatoms. The van der Waals surface area contributed by atoms with Gasteiger partial charge in [0.1, 0.15) is 18.8 Å². The highest BCUT2D eigenvalue weighted by molar-refractivity contribution is 7.09. The van der Waals surface area contributed by atoms with Gasteiger partial charge in [-0.2, -0.15) is 0 Å². The molecule has 0 aliphatic carbocycles. The number of aromatic nitrogens is 2. The lowest BCUT2D eigenvalue weighted by atomic mass is 10.1. The minimum absolute atomic E-state index is 0.223. The van der Waals surface area contributed by atoms with E-state index >= 15 is 0 Å². The lowest BCUT2D eigenvalue weighted by molar-refractivity contribution is -0.134. The third-order valence-corrected chi connectivity index (χ3v) is 4.95. The van der Waals surface area contributed by atoms with Gasteiger partial charge in [0.25, 0.3) is 0 Å². The van der Waals surface area contributed by atoms with Crippen molar-refractivity contribution < 1.29 is 9.90 Å². The van der Waals surface area contributed by atoms with Crippen molar-refractivity contribution in [1.82, 2.24) is 14.9 Å². The number of nitrogens with zero attached hydrogens (tertiary/aromatic N) is 4. The average molecular weight is 332 g/mol. The Balaban J connectivity index is 1.81. The van der Waals surface area contributed by atoms with Crippen molar-refractivity contribution in [3.05, 3.63) is 40.0 Å². The predicted octanol–water partition coefficient (Wildman–Crippen LogP) is 1.09. The van der Waals surface area contributed by atoms with Gasteiger partial charge < -0.3 is 14.9 Å². The van der Waals surface area contributed by atoms with Crippen LogP contribution in [0.1, 0.15) is 16.1 Å². The Morgan fingerprint density at radius 1 is 1.39 bits per heavy atom. The summed E-state index contributed by atoms with van der Waals surface area (Å²) < 4.78 is 0. The predicted molar refractivity (Wildman–Crippen MR) is 89.5 cm³/mol. The molecule has 0 saturated carbocycles. The number of thiophene rings is 1. The molecule has 6 nitrogen and oxygen atoms in total. The molecule has 0 atom stereocenters. The van der Waals surface area contributed by atoms with Crippen LogP contribution >= 0.6 is 11.3 Å². The first-order valence-electron chi connectivity index (χ1n) is 7.64. The fourth-order valence-electron chi connectivity index (χ4n) is 2.90. The quantitative estimate of drug-likeness (QED) is 0.908. The molecule has 2 aromatic rings. The zero-order chi connectivity index (χ0) is 16.2. The second kappa shape index (κ2) is 7.06. The Hall–Kier alpha value is -1.99. The van der Waals surface area contributed by atoms with E-state index in [0.29, 0.717) is 25.9 Å². The number of carbonyl (C=O) groups excluding carboxylic acids is 1. The van der Waals surface area contributed by atoms with E-state index in [1.807, 2.05) is 13.1 Å².